The smallest absolute Gasteiger partial charge is 0.319 e. The molecule has 0 amide bonds. The quantitative estimate of drug-likeness (QED) is 0.449. The van der Waals surface area contributed by atoms with Crippen LogP contribution >= 0.6 is 11.6 Å². The summed E-state index contributed by atoms with van der Waals surface area (Å²) in [5.41, 5.74) is 7.29. The van der Waals surface area contributed by atoms with Gasteiger partial charge in [-0.2, -0.15) is 9.97 Å². The molecule has 11 rings (SSSR count). The van der Waals surface area contributed by atoms with Crippen LogP contribution in [0.15, 0.2) is 6.20 Å². The number of nitrogens with one attached hydrogen (secondary N) is 2. The van der Waals surface area contributed by atoms with E-state index in [2.05, 4.69) is 20.7 Å². The SMILES string of the molecule is Fc1c2ncc3c(nc(OC[C@@]45CCCN4C[C@H](F)C5)nc13)N1CCCC3(CC(C3)OCCCCC3C(Cl)CC4NNCC4C23)C1. The van der Waals surface area contributed by atoms with E-state index in [1.54, 1.807) is 6.20 Å². The van der Waals surface area contributed by atoms with Crippen molar-refractivity contribution in [3.63, 3.8) is 0 Å². The van der Waals surface area contributed by atoms with Crippen LogP contribution in [0.3, 0.4) is 0 Å². The molecular formula is C34H46ClF2N7O2. The van der Waals surface area contributed by atoms with Crippen LogP contribution < -0.4 is 20.5 Å². The summed E-state index contributed by atoms with van der Waals surface area (Å²) < 4.78 is 44.5. The van der Waals surface area contributed by atoms with Gasteiger partial charge in [0.1, 0.15) is 24.1 Å². The Hall–Kier alpha value is -1.92. The molecule has 9 aliphatic rings. The van der Waals surface area contributed by atoms with Crippen LogP contribution in [-0.2, 0) is 4.74 Å². The summed E-state index contributed by atoms with van der Waals surface area (Å²) in [4.78, 5) is 19.2. The Kier molecular flexibility index (Phi) is 7.61. The molecule has 2 aromatic heterocycles. The third-order valence-electron chi connectivity index (χ3n) is 12.8. The number of hydrogen-bond donors (Lipinski definition) is 2. The van der Waals surface area contributed by atoms with Crippen LogP contribution in [0.4, 0.5) is 14.6 Å². The second kappa shape index (κ2) is 11.6. The maximum Gasteiger partial charge on any atom is 0.319 e. The average Bonchev–Trinajstić information content (AvgIpc) is 3.73. The monoisotopic (exact) mass is 657 g/mol. The summed E-state index contributed by atoms with van der Waals surface area (Å²) in [7, 11) is 0. The highest BCUT2D eigenvalue weighted by atomic mass is 35.5. The molecule has 2 saturated carbocycles. The molecule has 2 N–H and O–H groups in total. The van der Waals surface area contributed by atoms with Gasteiger partial charge in [-0.3, -0.25) is 20.7 Å². The van der Waals surface area contributed by atoms with Crippen molar-refractivity contribution in [3.05, 3.63) is 17.7 Å². The number of ether oxygens (including phenoxy) is 2. The molecule has 5 unspecified atom stereocenters. The van der Waals surface area contributed by atoms with Crippen LogP contribution in [0.2, 0.25) is 0 Å². The number of fused-ring (bicyclic) bond motifs is 2. The second-order valence-corrected chi connectivity index (χ2v) is 16.1. The standard InChI is InChI=1S/C34H46ClF2N7O2/c35-25-11-26-23(16-39-42-26)27-22(25)5-1-2-10-45-21-13-33(14-21)6-3-8-43(18-33)31-24-15-38-30(27)28(37)29(24)40-32(41-31)46-19-34-7-4-9-44(34)17-20(36)12-34/h15,20-23,25-27,39,42H,1-14,16-19H2/t20-,21?,22?,23?,25?,26?,27?,33?,34+/m1/s1. The summed E-state index contributed by atoms with van der Waals surface area (Å²) in [6.07, 6.45) is 11.7. The van der Waals surface area contributed by atoms with E-state index in [0.717, 1.165) is 90.6 Å². The highest BCUT2D eigenvalue weighted by molar-refractivity contribution is 6.21. The van der Waals surface area contributed by atoms with Gasteiger partial charge >= 0.3 is 6.01 Å². The van der Waals surface area contributed by atoms with E-state index in [4.69, 9.17) is 36.0 Å². The van der Waals surface area contributed by atoms with Gasteiger partial charge in [0.15, 0.2) is 5.82 Å². The van der Waals surface area contributed by atoms with Crippen molar-refractivity contribution in [1.29, 1.82) is 0 Å². The lowest BCUT2D eigenvalue weighted by Crippen LogP contribution is -2.53. The molecule has 2 aliphatic carbocycles. The molecule has 9 nitrogen and oxygen atoms in total. The normalized spacial score (nSPS) is 40.8. The van der Waals surface area contributed by atoms with Gasteiger partial charge in [0.2, 0.25) is 0 Å². The van der Waals surface area contributed by atoms with Gasteiger partial charge in [0, 0.05) is 62.7 Å². The molecule has 7 atom stereocenters. The first-order valence-corrected chi connectivity index (χ1v) is 18.2. The first-order chi connectivity index (χ1) is 22.4. The van der Waals surface area contributed by atoms with Gasteiger partial charge in [-0.05, 0) is 81.6 Å². The number of hydrazine groups is 1. The molecule has 4 saturated heterocycles. The Bertz CT molecular complexity index is 1480. The van der Waals surface area contributed by atoms with Crippen molar-refractivity contribution in [2.75, 3.05) is 50.8 Å². The summed E-state index contributed by atoms with van der Waals surface area (Å²) in [5.74, 6) is 0.428. The molecule has 12 heteroatoms. The third kappa shape index (κ3) is 5.01. The largest absolute Gasteiger partial charge is 0.461 e. The fourth-order valence-electron chi connectivity index (χ4n) is 10.6. The highest BCUT2D eigenvalue weighted by Crippen LogP contribution is 2.51. The van der Waals surface area contributed by atoms with Gasteiger partial charge < -0.3 is 14.4 Å². The van der Waals surface area contributed by atoms with Crippen LogP contribution in [0.25, 0.3) is 10.9 Å². The number of halogens is 3. The van der Waals surface area contributed by atoms with Crippen molar-refractivity contribution in [1.82, 2.24) is 30.7 Å². The van der Waals surface area contributed by atoms with Crippen LogP contribution in [0, 0.1) is 23.1 Å². The number of nitrogens with zero attached hydrogens (tertiary/aromatic N) is 5. The minimum atomic E-state index is -0.850. The summed E-state index contributed by atoms with van der Waals surface area (Å²) >= 11 is 7.12. The molecule has 6 fully saturated rings. The number of piperidine rings is 1. The zero-order chi connectivity index (χ0) is 31.0. The van der Waals surface area contributed by atoms with Gasteiger partial charge in [-0.15, -0.1) is 11.6 Å². The minimum Gasteiger partial charge on any atom is -0.461 e. The molecule has 7 aliphatic heterocycles. The van der Waals surface area contributed by atoms with Crippen LogP contribution in [0.5, 0.6) is 6.01 Å². The topological polar surface area (TPSA) is 87.7 Å². The molecule has 7 bridgehead atoms. The first-order valence-electron chi connectivity index (χ1n) is 17.8. The lowest BCUT2D eigenvalue weighted by molar-refractivity contribution is -0.0866. The number of aromatic nitrogens is 3. The van der Waals surface area contributed by atoms with E-state index >= 15 is 4.39 Å². The lowest BCUT2D eigenvalue weighted by atomic mass is 9.62. The molecular weight excluding hydrogens is 612 g/mol. The number of hydrogen-bond acceptors (Lipinski definition) is 9. The molecule has 250 valence electrons. The Morgan fingerprint density at radius 2 is 1.98 bits per heavy atom. The molecule has 9 heterocycles. The Balaban J connectivity index is 1.14. The predicted molar refractivity (Wildman–Crippen MR) is 171 cm³/mol. The second-order valence-electron chi connectivity index (χ2n) is 15.6. The number of pyridine rings is 1. The van der Waals surface area contributed by atoms with Crippen LogP contribution in [-0.4, -0.2) is 95.0 Å². The van der Waals surface area contributed by atoms with E-state index in [0.29, 0.717) is 42.6 Å². The van der Waals surface area contributed by atoms with Crippen LogP contribution in [0.1, 0.15) is 82.2 Å². The summed E-state index contributed by atoms with van der Waals surface area (Å²) in [6.45, 7) is 4.83. The summed E-state index contributed by atoms with van der Waals surface area (Å²) in [5, 5.41) is 0.538. The predicted octanol–water partition coefficient (Wildman–Crippen LogP) is 4.87. The Labute approximate surface area is 274 Å². The molecule has 46 heavy (non-hydrogen) atoms. The molecule has 0 radical (unpaired) electrons. The van der Waals surface area contributed by atoms with Gasteiger partial charge in [0.05, 0.1) is 22.7 Å². The fraction of sp³-hybridized carbons (Fsp3) is 0.794. The fourth-order valence-corrected chi connectivity index (χ4v) is 11.1. The van der Waals surface area contributed by atoms with Crippen molar-refractivity contribution in [3.8, 4) is 6.01 Å². The van der Waals surface area contributed by atoms with E-state index in [1.165, 1.54) is 6.42 Å². The van der Waals surface area contributed by atoms with Crippen molar-refractivity contribution in [2.45, 2.75) is 106 Å². The number of alkyl halides is 2. The van der Waals surface area contributed by atoms with Crippen molar-refractivity contribution in [2.24, 2.45) is 17.3 Å². The van der Waals surface area contributed by atoms with E-state index in [9.17, 15) is 4.39 Å². The molecule has 0 aromatic carbocycles. The molecule has 2 aromatic rings. The minimum absolute atomic E-state index is 0.0883. The van der Waals surface area contributed by atoms with E-state index in [1.807, 2.05) is 0 Å². The lowest BCUT2D eigenvalue weighted by Gasteiger charge is -2.53. The van der Waals surface area contributed by atoms with E-state index < -0.39 is 6.17 Å². The van der Waals surface area contributed by atoms with Crippen molar-refractivity contribution < 1.29 is 18.3 Å². The van der Waals surface area contributed by atoms with Gasteiger partial charge in [-0.1, -0.05) is 6.42 Å². The van der Waals surface area contributed by atoms with Gasteiger partial charge in [-0.25, -0.2) is 8.78 Å². The zero-order valence-corrected chi connectivity index (χ0v) is 27.3. The number of anilines is 1. The van der Waals surface area contributed by atoms with Gasteiger partial charge in [0.25, 0.3) is 0 Å². The molecule has 1 spiro atoms. The highest BCUT2D eigenvalue weighted by Gasteiger charge is 2.51. The summed E-state index contributed by atoms with van der Waals surface area (Å²) in [6, 6.07) is 0.334. The number of rotatable bonds is 3. The third-order valence-corrected chi connectivity index (χ3v) is 13.3. The van der Waals surface area contributed by atoms with Crippen molar-refractivity contribution >= 4 is 28.3 Å². The Morgan fingerprint density at radius 3 is 2.89 bits per heavy atom. The van der Waals surface area contributed by atoms with E-state index in [-0.39, 0.29) is 57.5 Å². The zero-order valence-electron chi connectivity index (χ0n) is 26.5. The average molecular weight is 658 g/mol. The Morgan fingerprint density at radius 1 is 1.09 bits per heavy atom. The first kappa shape index (κ1) is 30.2. The maximum absolute atomic E-state index is 17.2. The maximum atomic E-state index is 17.2.